The van der Waals surface area contributed by atoms with Gasteiger partial charge in [-0.05, 0) is 4.92 Å². The summed E-state index contributed by atoms with van der Waals surface area (Å²) in [4.78, 5) is 20.0. The van der Waals surface area contributed by atoms with Gasteiger partial charge in [0.15, 0.2) is 5.43 Å². The minimum absolute atomic E-state index is 0.556. The van der Waals surface area contributed by atoms with Crippen LogP contribution in [0.1, 0.15) is 0 Å². The van der Waals surface area contributed by atoms with Crippen molar-refractivity contribution in [3.63, 3.8) is 0 Å². The minimum atomic E-state index is -0.922. The predicted molar refractivity (Wildman–Crippen MR) is 38.3 cm³/mol. The number of pyridine rings is 1. The molecule has 0 N–H and O–H groups in total. The number of nitrogens with zero attached hydrogens (tertiary/aromatic N) is 2. The highest BCUT2D eigenvalue weighted by atomic mass is 19.1. The average molecular weight is 172 g/mol. The normalized spacial score (nSPS) is 9.83. The molecule has 0 unspecified atom stereocenters. The van der Waals surface area contributed by atoms with Crippen molar-refractivity contribution in [3.05, 3.63) is 38.4 Å². The molecule has 0 amide bonds. The zero-order chi connectivity index (χ0) is 9.30. The SMILES string of the molecule is Cn1c(F)cc(=O)cc1[N+](=O)[O-]. The zero-order valence-corrected chi connectivity index (χ0v) is 6.15. The lowest BCUT2D eigenvalue weighted by Crippen LogP contribution is -2.11. The second kappa shape index (κ2) is 2.72. The molecule has 0 saturated heterocycles. The van der Waals surface area contributed by atoms with E-state index in [0.29, 0.717) is 10.6 Å². The van der Waals surface area contributed by atoms with Crippen molar-refractivity contribution in [2.75, 3.05) is 0 Å². The lowest BCUT2D eigenvalue weighted by atomic mass is 10.4. The van der Waals surface area contributed by atoms with Gasteiger partial charge in [0.1, 0.15) is 0 Å². The van der Waals surface area contributed by atoms with E-state index in [4.69, 9.17) is 0 Å². The molecule has 1 aromatic heterocycles. The molecule has 0 bridgehead atoms. The quantitative estimate of drug-likeness (QED) is 0.350. The van der Waals surface area contributed by atoms with Gasteiger partial charge >= 0.3 is 5.82 Å². The number of hydrogen-bond acceptors (Lipinski definition) is 3. The smallest absolute Gasteiger partial charge is 0.328 e. The molecular formula is C6H5FN2O3. The van der Waals surface area contributed by atoms with Crippen molar-refractivity contribution in [2.24, 2.45) is 7.05 Å². The molecule has 1 rings (SSSR count). The van der Waals surface area contributed by atoms with Crippen molar-refractivity contribution in [3.8, 4) is 0 Å². The van der Waals surface area contributed by atoms with Crippen LogP contribution in [-0.2, 0) is 7.05 Å². The average Bonchev–Trinajstić information content (AvgIpc) is 1.96. The van der Waals surface area contributed by atoms with Crippen LogP contribution in [-0.4, -0.2) is 9.49 Å². The number of nitro groups is 1. The van der Waals surface area contributed by atoms with E-state index in [0.717, 1.165) is 6.07 Å². The molecule has 0 spiro atoms. The van der Waals surface area contributed by atoms with Gasteiger partial charge < -0.3 is 10.1 Å². The van der Waals surface area contributed by atoms with Crippen LogP contribution in [0.15, 0.2) is 16.9 Å². The number of halogens is 1. The Balaban J connectivity index is 3.48. The largest absolute Gasteiger partial charge is 0.358 e. The van der Waals surface area contributed by atoms with Crippen LogP contribution < -0.4 is 5.43 Å². The summed E-state index contributed by atoms with van der Waals surface area (Å²) in [5.74, 6) is -1.48. The summed E-state index contributed by atoms with van der Waals surface area (Å²) >= 11 is 0. The van der Waals surface area contributed by atoms with Gasteiger partial charge in [-0.2, -0.15) is 4.39 Å². The molecule has 1 aromatic rings. The van der Waals surface area contributed by atoms with E-state index < -0.39 is 22.1 Å². The summed E-state index contributed by atoms with van der Waals surface area (Å²) in [5, 5.41) is 10.2. The first-order chi connectivity index (χ1) is 5.52. The van der Waals surface area contributed by atoms with Crippen LogP contribution >= 0.6 is 0 Å². The first-order valence-electron chi connectivity index (χ1n) is 3.03. The van der Waals surface area contributed by atoms with Gasteiger partial charge in [0.25, 0.3) is 5.95 Å². The summed E-state index contributed by atoms with van der Waals surface area (Å²) in [6, 6.07) is 1.45. The van der Waals surface area contributed by atoms with E-state index in [1.54, 1.807) is 0 Å². The molecular weight excluding hydrogens is 167 g/mol. The Bertz CT molecular complexity index is 385. The molecule has 6 heteroatoms. The van der Waals surface area contributed by atoms with E-state index in [1.165, 1.54) is 7.05 Å². The highest BCUT2D eigenvalue weighted by molar-refractivity contribution is 5.20. The van der Waals surface area contributed by atoms with Crippen molar-refractivity contribution < 1.29 is 9.31 Å². The topological polar surface area (TPSA) is 65.1 Å². The lowest BCUT2D eigenvalue weighted by Gasteiger charge is -1.99. The molecule has 0 aliphatic carbocycles. The Labute approximate surface area is 66.2 Å². The van der Waals surface area contributed by atoms with Crippen LogP contribution in [0.3, 0.4) is 0 Å². The Hall–Kier alpha value is -1.72. The summed E-state index contributed by atoms with van der Waals surface area (Å²) in [6.45, 7) is 0. The van der Waals surface area contributed by atoms with Crippen LogP contribution in [0, 0.1) is 16.1 Å². The van der Waals surface area contributed by atoms with Gasteiger partial charge in [0.05, 0.1) is 19.2 Å². The number of hydrogen-bond donors (Lipinski definition) is 0. The van der Waals surface area contributed by atoms with E-state index in [1.807, 2.05) is 0 Å². The maximum absolute atomic E-state index is 12.7. The standard InChI is InChI=1S/C6H5FN2O3/c1-8-5(7)2-4(10)3-6(8)9(11)12/h2-3H,1H3. The Morgan fingerprint density at radius 3 is 2.67 bits per heavy atom. The second-order valence-electron chi connectivity index (χ2n) is 2.19. The highest BCUT2D eigenvalue weighted by Crippen LogP contribution is 2.07. The van der Waals surface area contributed by atoms with Gasteiger partial charge in [-0.15, -0.1) is 0 Å². The summed E-state index contributed by atoms with van der Waals surface area (Å²) in [6.07, 6.45) is 0. The first kappa shape index (κ1) is 8.38. The molecule has 0 aliphatic heterocycles. The van der Waals surface area contributed by atoms with Gasteiger partial charge in [0.2, 0.25) is 0 Å². The van der Waals surface area contributed by atoms with E-state index >= 15 is 0 Å². The van der Waals surface area contributed by atoms with Crippen LogP contribution in [0.2, 0.25) is 0 Å². The maximum Gasteiger partial charge on any atom is 0.328 e. The maximum atomic E-state index is 12.7. The molecule has 5 nitrogen and oxygen atoms in total. The number of rotatable bonds is 1. The fourth-order valence-electron chi connectivity index (χ4n) is 0.765. The van der Waals surface area contributed by atoms with Gasteiger partial charge in [-0.25, -0.2) is 4.57 Å². The fourth-order valence-corrected chi connectivity index (χ4v) is 0.765. The monoisotopic (exact) mass is 172 g/mol. The van der Waals surface area contributed by atoms with E-state index in [-0.39, 0.29) is 0 Å². The van der Waals surface area contributed by atoms with Gasteiger partial charge in [0, 0.05) is 0 Å². The number of aromatic nitrogens is 1. The Kier molecular flexibility index (Phi) is 1.90. The second-order valence-corrected chi connectivity index (χ2v) is 2.19. The van der Waals surface area contributed by atoms with Crippen LogP contribution in [0.4, 0.5) is 10.2 Å². The van der Waals surface area contributed by atoms with E-state index in [2.05, 4.69) is 0 Å². The molecule has 0 fully saturated rings. The Morgan fingerprint density at radius 1 is 1.58 bits per heavy atom. The molecule has 1 heterocycles. The highest BCUT2D eigenvalue weighted by Gasteiger charge is 2.13. The van der Waals surface area contributed by atoms with Crippen molar-refractivity contribution >= 4 is 5.82 Å². The molecule has 0 radical (unpaired) electrons. The zero-order valence-electron chi connectivity index (χ0n) is 6.15. The third-order valence-electron chi connectivity index (χ3n) is 1.38. The summed E-state index contributed by atoms with van der Waals surface area (Å²) in [5.41, 5.74) is -0.711. The molecule has 0 atom stereocenters. The summed E-state index contributed by atoms with van der Waals surface area (Å²) in [7, 11) is 1.17. The van der Waals surface area contributed by atoms with Crippen molar-refractivity contribution in [1.29, 1.82) is 0 Å². The third-order valence-corrected chi connectivity index (χ3v) is 1.38. The van der Waals surface area contributed by atoms with E-state index in [9.17, 15) is 19.3 Å². The van der Waals surface area contributed by atoms with Crippen molar-refractivity contribution in [1.82, 2.24) is 4.57 Å². The van der Waals surface area contributed by atoms with Gasteiger partial charge in [-0.1, -0.05) is 0 Å². The lowest BCUT2D eigenvalue weighted by molar-refractivity contribution is -0.392. The first-order valence-corrected chi connectivity index (χ1v) is 3.03. The summed E-state index contributed by atoms with van der Waals surface area (Å²) < 4.78 is 13.4. The molecule has 64 valence electrons. The molecule has 0 aliphatic rings. The molecule has 0 saturated carbocycles. The predicted octanol–water partition coefficient (Wildman–Crippen LogP) is 0.433. The molecule has 12 heavy (non-hydrogen) atoms. The third kappa shape index (κ3) is 1.31. The van der Waals surface area contributed by atoms with Gasteiger partial charge in [-0.3, -0.25) is 4.79 Å². The minimum Gasteiger partial charge on any atom is -0.358 e. The van der Waals surface area contributed by atoms with Crippen molar-refractivity contribution in [2.45, 2.75) is 0 Å². The van der Waals surface area contributed by atoms with Crippen LogP contribution in [0.5, 0.6) is 0 Å². The Morgan fingerprint density at radius 2 is 2.17 bits per heavy atom. The van der Waals surface area contributed by atoms with Crippen LogP contribution in [0.25, 0.3) is 0 Å². The fraction of sp³-hybridized carbons (Fsp3) is 0.167. The molecule has 0 aromatic carbocycles.